The molecule has 3 rings (SSSR count). The van der Waals surface area contributed by atoms with Gasteiger partial charge in [0, 0.05) is 0 Å². The molecule has 0 bridgehead atoms. The smallest absolute Gasteiger partial charge is 0.338 e. The third-order valence-electron chi connectivity index (χ3n) is 7.61. The van der Waals surface area contributed by atoms with Gasteiger partial charge in [0.2, 0.25) is 0 Å². The summed E-state index contributed by atoms with van der Waals surface area (Å²) >= 11 is 6.44. The van der Waals surface area contributed by atoms with Gasteiger partial charge in [-0.05, 0) is 79.4 Å². The highest BCUT2D eigenvalue weighted by Crippen LogP contribution is 2.50. The summed E-state index contributed by atoms with van der Waals surface area (Å²) in [7, 11) is 0. The molecule has 2 aliphatic rings. The monoisotopic (exact) mass is 502 g/mol. The fourth-order valence-corrected chi connectivity index (χ4v) is 5.69. The molecule has 0 N–H and O–H groups in total. The van der Waals surface area contributed by atoms with Crippen LogP contribution in [0.3, 0.4) is 0 Å². The van der Waals surface area contributed by atoms with Crippen LogP contribution in [0.1, 0.15) is 115 Å². The van der Waals surface area contributed by atoms with Crippen molar-refractivity contribution in [1.82, 2.24) is 4.90 Å². The second kappa shape index (κ2) is 10.6. The summed E-state index contributed by atoms with van der Waals surface area (Å²) in [5.74, 6) is 0.109. The van der Waals surface area contributed by atoms with E-state index < -0.39 is 5.66 Å². The Morgan fingerprint density at radius 2 is 1.74 bits per heavy atom. The number of halogens is 1. The highest BCUT2D eigenvalue weighted by atomic mass is 35.5. The Kier molecular flexibility index (Phi) is 8.41. The number of amides is 1. The topological polar surface area (TPSA) is 59.0 Å². The summed E-state index contributed by atoms with van der Waals surface area (Å²) in [5.41, 5.74) is 1.30. The van der Waals surface area contributed by atoms with Gasteiger partial charge in [0.1, 0.15) is 5.66 Å². The Labute approximate surface area is 216 Å². The maximum Gasteiger partial charge on any atom is 0.338 e. The maximum absolute atomic E-state index is 13.5. The highest BCUT2D eigenvalue weighted by molar-refractivity contribution is 6.83. The lowest BCUT2D eigenvalue weighted by Gasteiger charge is -2.47. The standard InChI is InChI=1S/C29H43ClN2O3/c1-8-19-35-26(34)21-11-9-20(10-12-21)23(15-16-27(2,3)4)32-25(33)24(30)31-29(32)17-13-22(14-18-29)28(5,6)7/h9-12,22-23H,8,13-19H2,1-7H3/t22?,23-,29?/m1/s1. The Hall–Kier alpha value is -1.88. The number of aliphatic imine (C=N–C) groups is 1. The van der Waals surface area contributed by atoms with E-state index in [2.05, 4.69) is 41.5 Å². The minimum Gasteiger partial charge on any atom is -0.462 e. The number of carbonyl (C=O) groups excluding carboxylic acids is 2. The van der Waals surface area contributed by atoms with Crippen molar-refractivity contribution < 1.29 is 14.3 Å². The molecule has 5 nitrogen and oxygen atoms in total. The van der Waals surface area contributed by atoms with Gasteiger partial charge in [-0.15, -0.1) is 0 Å². The minimum atomic E-state index is -0.586. The molecule has 1 amide bonds. The highest BCUT2D eigenvalue weighted by Gasteiger charge is 2.52. The maximum atomic E-state index is 13.5. The molecule has 194 valence electrons. The number of carbonyl (C=O) groups is 2. The molecule has 1 aromatic carbocycles. The van der Waals surface area contributed by atoms with E-state index in [-0.39, 0.29) is 33.9 Å². The Morgan fingerprint density at radius 1 is 1.14 bits per heavy atom. The van der Waals surface area contributed by atoms with E-state index in [1.165, 1.54) is 0 Å². The van der Waals surface area contributed by atoms with E-state index in [1.54, 1.807) is 0 Å². The fourth-order valence-electron chi connectivity index (χ4n) is 5.44. The Balaban J connectivity index is 1.93. The van der Waals surface area contributed by atoms with Crippen LogP contribution in [0.2, 0.25) is 0 Å². The third kappa shape index (κ3) is 6.47. The van der Waals surface area contributed by atoms with E-state index in [0.717, 1.165) is 50.5 Å². The molecule has 1 fully saturated rings. The van der Waals surface area contributed by atoms with Crippen LogP contribution in [0.4, 0.5) is 0 Å². The van der Waals surface area contributed by atoms with Gasteiger partial charge in [0.05, 0.1) is 18.2 Å². The third-order valence-corrected chi connectivity index (χ3v) is 7.86. The van der Waals surface area contributed by atoms with Gasteiger partial charge in [0.15, 0.2) is 5.17 Å². The van der Waals surface area contributed by atoms with E-state index in [1.807, 2.05) is 36.1 Å². The van der Waals surface area contributed by atoms with E-state index in [0.29, 0.717) is 18.1 Å². The van der Waals surface area contributed by atoms with Crippen LogP contribution in [0.25, 0.3) is 0 Å². The molecule has 0 unspecified atom stereocenters. The minimum absolute atomic E-state index is 0.0970. The van der Waals surface area contributed by atoms with E-state index >= 15 is 0 Å². The van der Waals surface area contributed by atoms with Crippen LogP contribution in [0, 0.1) is 16.7 Å². The lowest BCUT2D eigenvalue weighted by molar-refractivity contribution is -0.133. The molecule has 1 aromatic rings. The van der Waals surface area contributed by atoms with Crippen molar-refractivity contribution in [3.05, 3.63) is 35.4 Å². The molecule has 0 aromatic heterocycles. The molecule has 0 saturated heterocycles. The van der Waals surface area contributed by atoms with Crippen molar-refractivity contribution in [3.63, 3.8) is 0 Å². The number of ether oxygens (including phenoxy) is 1. The van der Waals surface area contributed by atoms with Crippen molar-refractivity contribution in [1.29, 1.82) is 0 Å². The molecule has 6 heteroatoms. The lowest BCUT2D eigenvalue weighted by atomic mass is 9.69. The number of nitrogens with zero attached hydrogens (tertiary/aromatic N) is 2. The van der Waals surface area contributed by atoms with Gasteiger partial charge in [-0.2, -0.15) is 0 Å². The van der Waals surface area contributed by atoms with Crippen molar-refractivity contribution >= 4 is 28.6 Å². The first-order valence-corrected chi connectivity index (χ1v) is 13.5. The molecular formula is C29H43ClN2O3. The average Bonchev–Trinajstić information content (AvgIpc) is 3.01. The molecule has 1 aliphatic heterocycles. The average molecular weight is 503 g/mol. The van der Waals surface area contributed by atoms with Gasteiger partial charge in [0.25, 0.3) is 5.91 Å². The molecule has 1 aliphatic carbocycles. The zero-order chi connectivity index (χ0) is 26.0. The number of rotatable bonds is 7. The summed E-state index contributed by atoms with van der Waals surface area (Å²) in [6.07, 6.45) is 6.23. The van der Waals surface area contributed by atoms with Crippen LogP contribution in [0.15, 0.2) is 29.3 Å². The summed E-state index contributed by atoms with van der Waals surface area (Å²) in [6.45, 7) is 15.9. The second-order valence-electron chi connectivity index (χ2n) is 12.6. The number of benzene rings is 1. The van der Waals surface area contributed by atoms with Crippen LogP contribution in [-0.2, 0) is 9.53 Å². The zero-order valence-corrected chi connectivity index (χ0v) is 23.4. The molecule has 1 atom stereocenters. The molecule has 0 radical (unpaired) electrons. The van der Waals surface area contributed by atoms with Crippen molar-refractivity contribution in [2.24, 2.45) is 21.7 Å². The van der Waals surface area contributed by atoms with Crippen LogP contribution in [-0.4, -0.2) is 34.2 Å². The fraction of sp³-hybridized carbons (Fsp3) is 0.690. The number of esters is 1. The Bertz CT molecular complexity index is 932. The van der Waals surface area contributed by atoms with Crippen LogP contribution >= 0.6 is 11.6 Å². The van der Waals surface area contributed by atoms with Gasteiger partial charge in [-0.25, -0.2) is 9.79 Å². The van der Waals surface area contributed by atoms with Gasteiger partial charge in [-0.1, -0.05) is 72.2 Å². The van der Waals surface area contributed by atoms with Crippen LogP contribution in [0.5, 0.6) is 0 Å². The van der Waals surface area contributed by atoms with Crippen molar-refractivity contribution in [3.8, 4) is 0 Å². The normalized spacial score (nSPS) is 24.0. The molecule has 1 spiro atoms. The molecule has 1 saturated carbocycles. The van der Waals surface area contributed by atoms with Crippen molar-refractivity contribution in [2.75, 3.05) is 6.61 Å². The van der Waals surface area contributed by atoms with Gasteiger partial charge in [-0.3, -0.25) is 4.79 Å². The van der Waals surface area contributed by atoms with E-state index in [9.17, 15) is 9.59 Å². The van der Waals surface area contributed by atoms with Gasteiger partial charge >= 0.3 is 5.97 Å². The summed E-state index contributed by atoms with van der Waals surface area (Å²) in [6, 6.07) is 7.38. The summed E-state index contributed by atoms with van der Waals surface area (Å²) in [5, 5.41) is 0.0970. The predicted octanol–water partition coefficient (Wildman–Crippen LogP) is 7.53. The first kappa shape index (κ1) is 27.7. The first-order valence-electron chi connectivity index (χ1n) is 13.1. The quantitative estimate of drug-likeness (QED) is 0.362. The predicted molar refractivity (Wildman–Crippen MR) is 143 cm³/mol. The zero-order valence-electron chi connectivity index (χ0n) is 22.6. The molecule has 1 heterocycles. The Morgan fingerprint density at radius 3 is 2.26 bits per heavy atom. The SMILES string of the molecule is CCCOC(=O)c1ccc([C@@H](CCC(C)(C)C)N2C(=O)C(Cl)=NC23CCC(C(C)(C)C)CC3)cc1. The lowest BCUT2D eigenvalue weighted by Crippen LogP contribution is -2.51. The molecular weight excluding hydrogens is 460 g/mol. The van der Waals surface area contributed by atoms with Crippen molar-refractivity contribution in [2.45, 2.75) is 105 Å². The van der Waals surface area contributed by atoms with Crippen LogP contribution < -0.4 is 0 Å². The first-order chi connectivity index (χ1) is 16.3. The van der Waals surface area contributed by atoms with Gasteiger partial charge < -0.3 is 9.64 Å². The second-order valence-corrected chi connectivity index (χ2v) is 12.9. The largest absolute Gasteiger partial charge is 0.462 e. The number of hydrogen-bond acceptors (Lipinski definition) is 4. The molecule has 35 heavy (non-hydrogen) atoms. The summed E-state index contributed by atoms with van der Waals surface area (Å²) < 4.78 is 5.29. The summed E-state index contributed by atoms with van der Waals surface area (Å²) in [4.78, 5) is 32.6. The van der Waals surface area contributed by atoms with E-state index in [4.69, 9.17) is 21.3 Å². The number of hydrogen-bond donors (Lipinski definition) is 0.